The summed E-state index contributed by atoms with van der Waals surface area (Å²) in [5.41, 5.74) is 7.83. The van der Waals surface area contributed by atoms with Crippen molar-refractivity contribution in [1.29, 1.82) is 0 Å². The van der Waals surface area contributed by atoms with E-state index in [0.717, 1.165) is 30.5 Å². The van der Waals surface area contributed by atoms with E-state index in [1.807, 2.05) is 15.7 Å². The van der Waals surface area contributed by atoms with E-state index in [1.54, 1.807) is 30.3 Å². The number of rotatable bonds is 6. The minimum Gasteiger partial charge on any atom is -0.453 e. The molecule has 2 aromatic carbocycles. The molecule has 0 radical (unpaired) electrons. The first kappa shape index (κ1) is 24.1. The summed E-state index contributed by atoms with van der Waals surface area (Å²) in [5.74, 6) is -0.00162. The Hall–Kier alpha value is -3.66. The zero-order valence-corrected chi connectivity index (χ0v) is 20.1. The molecule has 0 bridgehead atoms. The second kappa shape index (κ2) is 9.77. The molecule has 1 aliphatic rings. The first-order valence-corrected chi connectivity index (χ1v) is 11.9. The van der Waals surface area contributed by atoms with Crippen molar-refractivity contribution in [2.24, 2.45) is 0 Å². The predicted molar refractivity (Wildman–Crippen MR) is 138 cm³/mol. The van der Waals surface area contributed by atoms with Crippen LogP contribution in [0.1, 0.15) is 18.9 Å². The van der Waals surface area contributed by atoms with E-state index in [2.05, 4.69) is 16.8 Å². The normalized spacial score (nSPS) is 17.2. The van der Waals surface area contributed by atoms with Gasteiger partial charge in [0.15, 0.2) is 17.4 Å². The molecule has 36 heavy (non-hydrogen) atoms. The number of fused-ring (bicyclic) bond motifs is 1. The molecule has 10 heteroatoms. The summed E-state index contributed by atoms with van der Waals surface area (Å²) in [6.45, 7) is 4.97. The molecule has 0 saturated carbocycles. The van der Waals surface area contributed by atoms with E-state index in [4.69, 9.17) is 22.1 Å². The number of nitrogen functional groups attached to an aromatic ring is 1. The number of H-pyrrole nitrogens is 1. The number of para-hydroxylation sites is 1. The van der Waals surface area contributed by atoms with Gasteiger partial charge >= 0.3 is 0 Å². The van der Waals surface area contributed by atoms with Crippen molar-refractivity contribution in [1.82, 2.24) is 19.7 Å². The van der Waals surface area contributed by atoms with E-state index < -0.39 is 12.0 Å². The van der Waals surface area contributed by atoms with Crippen LogP contribution in [-0.4, -0.2) is 44.1 Å². The van der Waals surface area contributed by atoms with E-state index in [0.29, 0.717) is 23.2 Å². The van der Waals surface area contributed by atoms with Gasteiger partial charge in [-0.1, -0.05) is 36.4 Å². The van der Waals surface area contributed by atoms with Gasteiger partial charge in [0.2, 0.25) is 0 Å². The van der Waals surface area contributed by atoms with Gasteiger partial charge in [0.25, 0.3) is 5.56 Å². The number of nitrogens with one attached hydrogen (secondary N) is 1. The summed E-state index contributed by atoms with van der Waals surface area (Å²) < 4.78 is 21.7. The Labute approximate surface area is 211 Å². The Bertz CT molecular complexity index is 1460. The Morgan fingerprint density at radius 1 is 1.31 bits per heavy atom. The topological polar surface area (TPSA) is 109 Å². The molecule has 1 fully saturated rings. The highest BCUT2D eigenvalue weighted by Gasteiger charge is 2.28. The van der Waals surface area contributed by atoms with Crippen LogP contribution in [0.15, 0.2) is 66.1 Å². The number of nitrogens with two attached hydrogens (primary N) is 1. The zero-order valence-electron chi connectivity index (χ0n) is 19.3. The number of aliphatic hydroxyl groups excluding tert-OH is 1. The Morgan fingerprint density at radius 2 is 2.08 bits per heavy atom. The van der Waals surface area contributed by atoms with Gasteiger partial charge < -0.3 is 20.1 Å². The van der Waals surface area contributed by atoms with Gasteiger partial charge in [0, 0.05) is 30.9 Å². The third kappa shape index (κ3) is 4.37. The largest absolute Gasteiger partial charge is 0.453 e. The molecule has 1 unspecified atom stereocenters. The van der Waals surface area contributed by atoms with Crippen LogP contribution >= 0.6 is 11.6 Å². The quantitative estimate of drug-likeness (QED) is 0.325. The number of likely N-dealkylation sites (tertiary alicyclic amines) is 1. The Morgan fingerprint density at radius 3 is 2.81 bits per heavy atom. The monoisotopic (exact) mass is 509 g/mol. The van der Waals surface area contributed by atoms with Gasteiger partial charge in [-0.3, -0.25) is 9.69 Å². The molecule has 5 rings (SSSR count). The second-order valence-corrected chi connectivity index (χ2v) is 9.14. The number of hydrogen-bond donors (Lipinski definition) is 3. The number of benzene rings is 2. The van der Waals surface area contributed by atoms with Crippen LogP contribution in [-0.2, 0) is 0 Å². The molecule has 2 atom stereocenters. The predicted octanol–water partition coefficient (Wildman–Crippen LogP) is 4.70. The molecule has 4 aromatic rings. The molecule has 2 aromatic heterocycles. The van der Waals surface area contributed by atoms with Crippen LogP contribution in [0.2, 0.25) is 5.02 Å². The van der Waals surface area contributed by atoms with Gasteiger partial charge in [-0.15, -0.1) is 0 Å². The lowest BCUT2D eigenvalue weighted by Gasteiger charge is -2.35. The Kier molecular flexibility index (Phi) is 6.53. The standard InChI is InChI=1S/C26H25ClFN5O3/c1-2-21(34)32-12-4-5-16(13-32)33-14-18(22-23(33)26(35)31-30-25(22)29)15-8-10-17(11-9-15)36-24-19(27)6-3-7-20(24)28/h2-3,6-11,14,16,21,34H,1,4-5,12-13H2,(H2,29,30)(H,31,35)/t16-,21?/m1/s1. The molecular formula is C26H25ClFN5O3. The summed E-state index contributed by atoms with van der Waals surface area (Å²) in [4.78, 5) is 14.8. The molecule has 4 N–H and O–H groups in total. The fourth-order valence-corrected chi connectivity index (χ4v) is 4.94. The number of hydrogen-bond acceptors (Lipinski definition) is 6. The molecule has 1 saturated heterocycles. The second-order valence-electron chi connectivity index (χ2n) is 8.73. The number of ether oxygens (including phenoxy) is 1. The molecule has 0 amide bonds. The number of aromatic amines is 1. The molecule has 8 nitrogen and oxygen atoms in total. The molecule has 3 heterocycles. The summed E-state index contributed by atoms with van der Waals surface area (Å²) in [6.07, 6.45) is 4.33. The smallest absolute Gasteiger partial charge is 0.288 e. The van der Waals surface area contributed by atoms with Crippen LogP contribution in [0.4, 0.5) is 10.2 Å². The lowest BCUT2D eigenvalue weighted by Crippen LogP contribution is -2.42. The van der Waals surface area contributed by atoms with Crippen molar-refractivity contribution in [3.63, 3.8) is 0 Å². The number of anilines is 1. The van der Waals surface area contributed by atoms with Crippen LogP contribution in [0.3, 0.4) is 0 Å². The van der Waals surface area contributed by atoms with E-state index in [1.165, 1.54) is 18.2 Å². The number of nitrogens with zero attached hydrogens (tertiary/aromatic N) is 3. The number of piperidine rings is 1. The third-order valence-electron chi connectivity index (χ3n) is 6.49. The van der Waals surface area contributed by atoms with E-state index in [-0.39, 0.29) is 28.2 Å². The highest BCUT2D eigenvalue weighted by molar-refractivity contribution is 6.32. The molecular weight excluding hydrogens is 485 g/mol. The van der Waals surface area contributed by atoms with Crippen LogP contribution in [0, 0.1) is 5.82 Å². The SMILES string of the molecule is C=CC(O)N1CCC[C@@H](n2cc(-c3ccc(Oc4c(F)cccc4Cl)cc3)c3c(N)n[nH]c(=O)c32)C1. The van der Waals surface area contributed by atoms with Crippen molar-refractivity contribution >= 4 is 28.3 Å². The minimum atomic E-state index is -0.755. The number of aliphatic hydroxyl groups is 1. The van der Waals surface area contributed by atoms with Crippen LogP contribution < -0.4 is 16.0 Å². The van der Waals surface area contributed by atoms with E-state index >= 15 is 0 Å². The van der Waals surface area contributed by atoms with Crippen molar-refractivity contribution in [2.75, 3.05) is 18.8 Å². The maximum absolute atomic E-state index is 14.1. The van der Waals surface area contributed by atoms with E-state index in [9.17, 15) is 14.3 Å². The maximum Gasteiger partial charge on any atom is 0.288 e. The first-order valence-electron chi connectivity index (χ1n) is 11.5. The summed E-state index contributed by atoms with van der Waals surface area (Å²) in [6, 6.07) is 11.3. The van der Waals surface area contributed by atoms with Crippen LogP contribution in [0.5, 0.6) is 11.5 Å². The summed E-state index contributed by atoms with van der Waals surface area (Å²) >= 11 is 6.07. The fraction of sp³-hybridized carbons (Fsp3) is 0.231. The van der Waals surface area contributed by atoms with Gasteiger partial charge in [-0.2, -0.15) is 5.10 Å². The zero-order chi connectivity index (χ0) is 25.4. The average Bonchev–Trinajstić information content (AvgIpc) is 3.31. The minimum absolute atomic E-state index is 0.0490. The van der Waals surface area contributed by atoms with Crippen molar-refractivity contribution in [3.8, 4) is 22.6 Å². The number of halogens is 2. The fourth-order valence-electron chi connectivity index (χ4n) is 4.74. The highest BCUT2D eigenvalue weighted by atomic mass is 35.5. The lowest BCUT2D eigenvalue weighted by molar-refractivity contribution is 0.0143. The van der Waals surface area contributed by atoms with Crippen LogP contribution in [0.25, 0.3) is 22.0 Å². The average molecular weight is 510 g/mol. The van der Waals surface area contributed by atoms with Crippen molar-refractivity contribution in [2.45, 2.75) is 25.1 Å². The Balaban J connectivity index is 1.54. The maximum atomic E-state index is 14.1. The van der Waals surface area contributed by atoms with Crippen molar-refractivity contribution in [3.05, 3.63) is 82.5 Å². The molecule has 1 aliphatic heterocycles. The first-order chi connectivity index (χ1) is 17.4. The van der Waals surface area contributed by atoms with Gasteiger partial charge in [-0.25, -0.2) is 9.49 Å². The molecule has 0 spiro atoms. The van der Waals surface area contributed by atoms with Crippen molar-refractivity contribution < 1.29 is 14.2 Å². The van der Waals surface area contributed by atoms with Gasteiger partial charge in [0.1, 0.15) is 17.5 Å². The summed E-state index contributed by atoms with van der Waals surface area (Å²) in [5, 5.41) is 17.4. The molecule has 186 valence electrons. The summed E-state index contributed by atoms with van der Waals surface area (Å²) in [7, 11) is 0. The lowest BCUT2D eigenvalue weighted by atomic mass is 10.0. The third-order valence-corrected chi connectivity index (χ3v) is 6.79. The molecule has 0 aliphatic carbocycles. The van der Waals surface area contributed by atoms with Gasteiger partial charge in [0.05, 0.1) is 10.4 Å². The highest BCUT2D eigenvalue weighted by Crippen LogP contribution is 2.37. The number of aromatic nitrogens is 3. The van der Waals surface area contributed by atoms with Gasteiger partial charge in [-0.05, 0) is 48.7 Å².